The molecule has 0 spiro atoms. The summed E-state index contributed by atoms with van der Waals surface area (Å²) in [5.41, 5.74) is 14.5. The van der Waals surface area contributed by atoms with Crippen molar-refractivity contribution < 1.29 is 0 Å². The summed E-state index contributed by atoms with van der Waals surface area (Å²) >= 11 is 0. The van der Waals surface area contributed by atoms with Gasteiger partial charge in [-0.05, 0) is 11.1 Å². The molecule has 69 heavy (non-hydrogen) atoms. The number of allylic oxidation sites excluding steroid dienone is 7. The monoisotopic (exact) mass is 849 g/mol. The van der Waals surface area contributed by atoms with Crippen molar-refractivity contribution in [3.05, 3.63) is 160 Å². The van der Waals surface area contributed by atoms with Gasteiger partial charge in [-0.25, -0.2) is 0 Å². The first-order valence-corrected chi connectivity index (χ1v) is 22.7. The molecule has 0 amide bonds. The number of rotatable bonds is 8. The standard InChI is InChI=1S/C55H32B13N/c1-25-13-15-29(16-14-25)37(26(2)56)42(57)51(66)54(67)69(32-19-17-27-9-7-8-12-30(27)23-32)53-49(64)43(58)38(44(59)50(53)65)31-18-20-34-36(24-31)55(3)41-35(22-21-33(39(34)41)28-10-5-4-6-11-28)40-45(60)46(61)47(62)48(63)52(40)68-55/h4-13,15-25H,14H2,1-3H3/b37-26+,51-42-. The van der Waals surface area contributed by atoms with Crippen molar-refractivity contribution in [2.75, 3.05) is 4.90 Å². The average molecular weight is 847 g/mol. The van der Waals surface area contributed by atoms with Crippen molar-refractivity contribution in [1.82, 2.24) is 0 Å². The van der Waals surface area contributed by atoms with E-state index in [4.69, 9.17) is 93.8 Å². The summed E-state index contributed by atoms with van der Waals surface area (Å²) < 4.78 is 0. The summed E-state index contributed by atoms with van der Waals surface area (Å²) in [7, 11) is 85.2. The summed E-state index contributed by atoms with van der Waals surface area (Å²) in [5.74, 6) is 0.361. The van der Waals surface area contributed by atoms with Gasteiger partial charge in [-0.1, -0.05) is 47.9 Å². The molecule has 1 nitrogen and oxygen atoms in total. The average Bonchev–Trinajstić information content (AvgIpc) is 3.61. The van der Waals surface area contributed by atoms with E-state index < -0.39 is 5.31 Å². The molecular formula is C55H32B13N. The predicted molar refractivity (Wildman–Crippen MR) is 308 cm³/mol. The number of anilines is 2. The van der Waals surface area contributed by atoms with Crippen LogP contribution in [-0.2, 0) is 5.31 Å². The van der Waals surface area contributed by atoms with Crippen LogP contribution in [0.5, 0.6) is 0 Å². The van der Waals surface area contributed by atoms with Crippen LogP contribution in [-0.4, -0.2) is 107 Å². The van der Waals surface area contributed by atoms with Crippen molar-refractivity contribution in [3.63, 3.8) is 0 Å². The van der Waals surface area contributed by atoms with Gasteiger partial charge in [0.2, 0.25) is 0 Å². The number of benzene rings is 7. The van der Waals surface area contributed by atoms with E-state index in [-0.39, 0.29) is 55.0 Å². The molecule has 3 aliphatic rings. The van der Waals surface area contributed by atoms with Crippen LogP contribution in [0.1, 0.15) is 38.3 Å². The maximum atomic E-state index is 7.22. The molecule has 2 atom stereocenters. The summed E-state index contributed by atoms with van der Waals surface area (Å²) in [4.78, 5) is 1.66. The van der Waals surface area contributed by atoms with Crippen LogP contribution < -0.4 is 54.1 Å². The van der Waals surface area contributed by atoms with Crippen LogP contribution in [0.15, 0.2) is 149 Å². The Morgan fingerprint density at radius 2 is 1.23 bits per heavy atom. The van der Waals surface area contributed by atoms with Crippen LogP contribution in [0.3, 0.4) is 0 Å². The van der Waals surface area contributed by atoms with E-state index in [1.807, 2.05) is 72.8 Å². The van der Waals surface area contributed by atoms with Crippen molar-refractivity contribution in [3.8, 4) is 44.5 Å². The van der Waals surface area contributed by atoms with Gasteiger partial charge in [0, 0.05) is 0 Å². The van der Waals surface area contributed by atoms with Gasteiger partial charge in [0.15, 0.2) is 0 Å². The Morgan fingerprint density at radius 3 is 1.90 bits per heavy atom. The Morgan fingerprint density at radius 1 is 0.609 bits per heavy atom. The number of hydrogen-bond acceptors (Lipinski definition) is 1. The SMILES string of the molecule is [B]/C(C(=[B])N(c1ccc2ccccc2c1)c1c([B])c([B])c(-c2ccc3c(c2)C2(C)[B]c4c([B])c([B])c([B])c([B])c4-c4ccc(-c5ccccc5)c-3c42)c([B])c1[B])=C([B])/C(C1=CCC(C)C=C1)=C(/[B])C. The fraction of sp³-hybridized carbons (Fsp3) is 0.109. The molecule has 24 radical (unpaired) electrons. The van der Waals surface area contributed by atoms with Gasteiger partial charge in [-0.3, -0.25) is 0 Å². The number of nitrogens with zero attached hydrogens (tertiary/aromatic N) is 1. The molecule has 1 heterocycles. The molecule has 0 fully saturated rings. The number of fused-ring (bicyclic) bond motifs is 6. The van der Waals surface area contributed by atoms with Crippen LogP contribution in [0.4, 0.5) is 11.4 Å². The third-order valence-corrected chi connectivity index (χ3v) is 14.3. The van der Waals surface area contributed by atoms with Gasteiger partial charge in [-0.2, -0.15) is 0 Å². The Labute approximate surface area is 423 Å². The zero-order valence-electron chi connectivity index (χ0n) is 38.8. The minimum absolute atomic E-state index is 0.0314. The predicted octanol–water partition coefficient (Wildman–Crippen LogP) is 1.73. The normalized spacial score (nSPS) is 17.2. The molecule has 1 aliphatic heterocycles. The fourth-order valence-corrected chi connectivity index (χ4v) is 10.7. The van der Waals surface area contributed by atoms with Gasteiger partial charge in [0.25, 0.3) is 0 Å². The van der Waals surface area contributed by atoms with E-state index >= 15 is 0 Å². The van der Waals surface area contributed by atoms with Crippen molar-refractivity contribution >= 4 is 178 Å². The van der Waals surface area contributed by atoms with Crippen molar-refractivity contribution in [2.24, 2.45) is 5.92 Å². The van der Waals surface area contributed by atoms with Crippen molar-refractivity contribution in [1.29, 1.82) is 0 Å². The minimum atomic E-state index is -0.742. The van der Waals surface area contributed by atoms with Crippen LogP contribution >= 0.6 is 0 Å². The molecule has 0 bridgehead atoms. The Bertz CT molecular complexity index is 3500. The molecule has 0 saturated carbocycles. The maximum absolute atomic E-state index is 7.22. The molecule has 2 aliphatic carbocycles. The van der Waals surface area contributed by atoms with Crippen molar-refractivity contribution in [2.45, 2.75) is 32.5 Å². The van der Waals surface area contributed by atoms with E-state index in [1.165, 1.54) is 0 Å². The summed E-state index contributed by atoms with van der Waals surface area (Å²) in [6, 6.07) is 34.4. The van der Waals surface area contributed by atoms with E-state index in [0.717, 1.165) is 67.3 Å². The van der Waals surface area contributed by atoms with Gasteiger partial charge in [0.1, 0.15) is 31.4 Å². The Kier molecular flexibility index (Phi) is 12.0. The molecule has 0 aromatic heterocycles. The molecule has 7 aromatic carbocycles. The first-order chi connectivity index (χ1) is 32.9. The van der Waals surface area contributed by atoms with E-state index in [2.05, 4.69) is 69.7 Å². The molecule has 0 saturated heterocycles. The van der Waals surface area contributed by atoms with Gasteiger partial charge in [0.05, 0.1) is 0 Å². The Balaban J connectivity index is 1.16. The topological polar surface area (TPSA) is 3.24 Å². The molecule has 2 unspecified atom stereocenters. The van der Waals surface area contributed by atoms with Gasteiger partial charge in [-0.15, -0.1) is 16.4 Å². The van der Waals surface area contributed by atoms with Gasteiger partial charge >= 0.3 is 319 Å². The van der Waals surface area contributed by atoms with Crippen LogP contribution in [0.25, 0.3) is 55.3 Å². The fourth-order valence-electron chi connectivity index (χ4n) is 10.7. The Hall–Kier alpha value is -5.73. The first kappa shape index (κ1) is 47.0. The third-order valence-electron chi connectivity index (χ3n) is 14.3. The quantitative estimate of drug-likeness (QED) is 0.167. The zero-order valence-corrected chi connectivity index (χ0v) is 38.8. The van der Waals surface area contributed by atoms with E-state index in [1.54, 1.807) is 11.8 Å². The second-order valence-corrected chi connectivity index (χ2v) is 18.6. The first-order valence-electron chi connectivity index (χ1n) is 22.7. The zero-order chi connectivity index (χ0) is 49.0. The van der Waals surface area contributed by atoms with Crippen LogP contribution in [0, 0.1) is 5.92 Å². The molecule has 296 valence electrons. The molecular weight excluding hydrogens is 815 g/mol. The second kappa shape index (κ2) is 17.6. The summed E-state index contributed by atoms with van der Waals surface area (Å²) in [5, 5.41) is 1.18. The third kappa shape index (κ3) is 7.36. The molecule has 10 rings (SSSR count). The summed E-state index contributed by atoms with van der Waals surface area (Å²) in [6.07, 6.45) is 7.00. The van der Waals surface area contributed by atoms with Gasteiger partial charge < -0.3 is 0 Å². The van der Waals surface area contributed by atoms with E-state index in [0.29, 0.717) is 50.2 Å². The number of hydrogen-bond donors (Lipinski definition) is 0. The second-order valence-electron chi connectivity index (χ2n) is 18.6. The van der Waals surface area contributed by atoms with E-state index in [9.17, 15) is 0 Å². The molecule has 14 heteroatoms. The molecule has 0 N–H and O–H groups in total. The van der Waals surface area contributed by atoms with Crippen LogP contribution in [0.2, 0.25) is 0 Å². The summed E-state index contributed by atoms with van der Waals surface area (Å²) in [6.45, 7) is 6.08. The molecule has 7 aromatic rings.